The number of aromatic nitrogens is 2. The molecule has 0 amide bonds. The fourth-order valence-electron chi connectivity index (χ4n) is 1.48. The quantitative estimate of drug-likeness (QED) is 0.408. The number of nitrogens with zero attached hydrogens (tertiary/aromatic N) is 3. The third-order valence-corrected chi connectivity index (χ3v) is 3.55. The monoisotopic (exact) mass is 281 g/mol. The molecule has 8 heteroatoms. The van der Waals surface area contributed by atoms with E-state index in [0.29, 0.717) is 10.7 Å². The molecule has 3 aromatic rings. The van der Waals surface area contributed by atoms with Crippen molar-refractivity contribution in [1.29, 1.82) is 0 Å². The molecule has 0 bridgehead atoms. The summed E-state index contributed by atoms with van der Waals surface area (Å²) in [4.78, 5) is 18.2. The smallest absolute Gasteiger partial charge is 0.397 e. The second-order valence-electron chi connectivity index (χ2n) is 3.37. The molecule has 18 heavy (non-hydrogen) atoms. The van der Waals surface area contributed by atoms with Crippen molar-refractivity contribution in [2.75, 3.05) is 0 Å². The lowest BCUT2D eigenvalue weighted by atomic mass is 10.4. The van der Waals surface area contributed by atoms with Crippen LogP contribution in [0.15, 0.2) is 28.0 Å². The predicted octanol–water partition coefficient (Wildman–Crippen LogP) is 3.51. The first-order valence-electron chi connectivity index (χ1n) is 4.80. The Morgan fingerprint density at radius 1 is 1.33 bits per heavy atom. The number of nitro groups is 1. The molecular weight excluding hydrogens is 278 g/mol. The van der Waals surface area contributed by atoms with E-state index in [9.17, 15) is 10.1 Å². The molecule has 0 saturated carbocycles. The highest BCUT2D eigenvalue weighted by atomic mass is 35.5. The average molecular weight is 282 g/mol. The third kappa shape index (κ3) is 1.73. The summed E-state index contributed by atoms with van der Waals surface area (Å²) in [7, 11) is 0. The number of rotatable bonds is 2. The Balaban J connectivity index is 2.15. The molecule has 0 atom stereocenters. The maximum absolute atomic E-state index is 10.5. The third-order valence-electron chi connectivity index (χ3n) is 2.25. The van der Waals surface area contributed by atoms with Crippen molar-refractivity contribution in [3.63, 3.8) is 0 Å². The van der Waals surface area contributed by atoms with Crippen LogP contribution in [0.5, 0.6) is 0 Å². The van der Waals surface area contributed by atoms with Crippen molar-refractivity contribution in [3.05, 3.63) is 38.8 Å². The zero-order valence-electron chi connectivity index (χ0n) is 8.66. The topological polar surface area (TPSA) is 82.1 Å². The Morgan fingerprint density at radius 2 is 2.17 bits per heavy atom. The molecule has 3 aromatic heterocycles. The molecule has 0 saturated heterocycles. The van der Waals surface area contributed by atoms with E-state index < -0.39 is 4.92 Å². The van der Waals surface area contributed by atoms with E-state index >= 15 is 0 Å². The van der Waals surface area contributed by atoms with Gasteiger partial charge in [0.15, 0.2) is 16.7 Å². The molecule has 0 aromatic carbocycles. The van der Waals surface area contributed by atoms with Crippen LogP contribution in [-0.2, 0) is 0 Å². The van der Waals surface area contributed by atoms with Gasteiger partial charge in [-0.15, -0.1) is 11.3 Å². The number of hydrogen-bond donors (Lipinski definition) is 0. The van der Waals surface area contributed by atoms with Gasteiger partial charge >= 0.3 is 5.88 Å². The normalized spacial score (nSPS) is 10.9. The Morgan fingerprint density at radius 3 is 2.89 bits per heavy atom. The lowest BCUT2D eigenvalue weighted by Gasteiger charge is -1.97. The van der Waals surface area contributed by atoms with Gasteiger partial charge in [-0.3, -0.25) is 10.1 Å². The van der Waals surface area contributed by atoms with E-state index in [4.69, 9.17) is 16.0 Å². The molecule has 0 aliphatic rings. The Kier molecular flexibility index (Phi) is 2.49. The van der Waals surface area contributed by atoms with Gasteiger partial charge in [-0.2, -0.15) is 0 Å². The largest absolute Gasteiger partial charge is 0.433 e. The van der Waals surface area contributed by atoms with Crippen LogP contribution in [0.25, 0.3) is 21.8 Å². The highest BCUT2D eigenvalue weighted by Crippen LogP contribution is 2.30. The molecule has 90 valence electrons. The fraction of sp³-hybridized carbons (Fsp3) is 0. The zero-order valence-corrected chi connectivity index (χ0v) is 10.2. The van der Waals surface area contributed by atoms with Gasteiger partial charge in [-0.1, -0.05) is 11.6 Å². The molecule has 0 N–H and O–H groups in total. The Labute approximate surface area is 109 Å². The van der Waals surface area contributed by atoms with Gasteiger partial charge in [-0.05, 0) is 17.5 Å². The summed E-state index contributed by atoms with van der Waals surface area (Å²) in [5.41, 5.74) is 0.689. The van der Waals surface area contributed by atoms with Crippen molar-refractivity contribution >= 4 is 39.0 Å². The first-order chi connectivity index (χ1) is 8.65. The van der Waals surface area contributed by atoms with Gasteiger partial charge in [0.05, 0.1) is 16.3 Å². The molecule has 0 fully saturated rings. The van der Waals surface area contributed by atoms with Crippen LogP contribution >= 0.6 is 22.9 Å². The summed E-state index contributed by atoms with van der Waals surface area (Å²) in [6, 6.07) is 4.50. The van der Waals surface area contributed by atoms with Crippen molar-refractivity contribution in [1.82, 2.24) is 9.97 Å². The number of furan rings is 1. The maximum Gasteiger partial charge on any atom is 0.433 e. The Hall–Kier alpha value is -1.99. The van der Waals surface area contributed by atoms with E-state index in [2.05, 4.69) is 9.97 Å². The molecule has 0 radical (unpaired) electrons. The number of fused-ring (bicyclic) bond motifs is 1. The van der Waals surface area contributed by atoms with E-state index in [-0.39, 0.29) is 17.5 Å². The molecule has 3 heterocycles. The van der Waals surface area contributed by atoms with Crippen molar-refractivity contribution in [2.24, 2.45) is 0 Å². The van der Waals surface area contributed by atoms with Crippen molar-refractivity contribution < 1.29 is 9.34 Å². The van der Waals surface area contributed by atoms with Crippen LogP contribution in [0.3, 0.4) is 0 Å². The highest BCUT2D eigenvalue weighted by molar-refractivity contribution is 7.17. The number of thiophene rings is 1. The van der Waals surface area contributed by atoms with E-state index in [0.717, 1.165) is 4.70 Å². The van der Waals surface area contributed by atoms with Gasteiger partial charge in [0.1, 0.15) is 4.92 Å². The second kappa shape index (κ2) is 4.04. The standard InChI is InChI=1S/C10H4ClN3O3S/c11-9-8-5(3-4-18-8)12-10(13-9)6-1-2-7(17-6)14(15)16/h1-4H. The molecule has 0 spiro atoms. The molecule has 6 nitrogen and oxygen atoms in total. The summed E-state index contributed by atoms with van der Waals surface area (Å²) in [6.45, 7) is 0. The van der Waals surface area contributed by atoms with E-state index in [1.165, 1.54) is 23.5 Å². The van der Waals surface area contributed by atoms with Gasteiger partial charge in [0, 0.05) is 0 Å². The number of halogens is 1. The summed E-state index contributed by atoms with van der Waals surface area (Å²) in [6.07, 6.45) is 0. The van der Waals surface area contributed by atoms with Crippen LogP contribution in [0.2, 0.25) is 5.15 Å². The minimum atomic E-state index is -0.617. The SMILES string of the molecule is O=[N+]([O-])c1ccc(-c2nc(Cl)c3sccc3n2)o1. The van der Waals surface area contributed by atoms with E-state index in [1.54, 1.807) is 6.07 Å². The first-order valence-corrected chi connectivity index (χ1v) is 6.06. The molecular formula is C10H4ClN3O3S. The van der Waals surface area contributed by atoms with Crippen LogP contribution in [-0.4, -0.2) is 14.9 Å². The lowest BCUT2D eigenvalue weighted by Crippen LogP contribution is -1.88. The van der Waals surface area contributed by atoms with Crippen molar-refractivity contribution in [3.8, 4) is 11.6 Å². The number of hydrogen-bond acceptors (Lipinski definition) is 6. The zero-order chi connectivity index (χ0) is 12.7. The van der Waals surface area contributed by atoms with Gasteiger partial charge in [0.2, 0.25) is 0 Å². The lowest BCUT2D eigenvalue weighted by molar-refractivity contribution is -0.401. The van der Waals surface area contributed by atoms with Crippen LogP contribution in [0.1, 0.15) is 0 Å². The fourth-order valence-corrected chi connectivity index (χ4v) is 2.50. The molecule has 0 aliphatic heterocycles. The second-order valence-corrected chi connectivity index (χ2v) is 4.64. The van der Waals surface area contributed by atoms with Gasteiger partial charge in [-0.25, -0.2) is 9.97 Å². The van der Waals surface area contributed by atoms with Gasteiger partial charge in [0.25, 0.3) is 0 Å². The van der Waals surface area contributed by atoms with Crippen LogP contribution < -0.4 is 0 Å². The molecule has 0 unspecified atom stereocenters. The summed E-state index contributed by atoms with van der Waals surface area (Å²) >= 11 is 7.44. The summed E-state index contributed by atoms with van der Waals surface area (Å²) < 4.78 is 5.81. The first kappa shape index (κ1) is 11.1. The minimum absolute atomic E-state index is 0.219. The van der Waals surface area contributed by atoms with E-state index in [1.807, 2.05) is 5.38 Å². The van der Waals surface area contributed by atoms with Crippen LogP contribution in [0.4, 0.5) is 5.88 Å². The molecule has 0 aliphatic carbocycles. The Bertz CT molecular complexity index is 752. The van der Waals surface area contributed by atoms with Crippen molar-refractivity contribution in [2.45, 2.75) is 0 Å². The molecule has 3 rings (SSSR count). The summed E-state index contributed by atoms with van der Waals surface area (Å²) in [5, 5.41) is 12.7. The maximum atomic E-state index is 10.5. The predicted molar refractivity (Wildman–Crippen MR) is 66.8 cm³/mol. The van der Waals surface area contributed by atoms with Gasteiger partial charge < -0.3 is 4.42 Å². The summed E-state index contributed by atoms with van der Waals surface area (Å²) in [5.74, 6) is 0.103. The van der Waals surface area contributed by atoms with Crippen LogP contribution in [0, 0.1) is 10.1 Å². The average Bonchev–Trinajstić information content (AvgIpc) is 2.97. The highest BCUT2D eigenvalue weighted by Gasteiger charge is 2.16. The minimum Gasteiger partial charge on any atom is -0.397 e.